The zero-order chi connectivity index (χ0) is 18.7. The summed E-state index contributed by atoms with van der Waals surface area (Å²) in [5, 5.41) is 0. The van der Waals surface area contributed by atoms with Crippen molar-refractivity contribution in [3.8, 4) is 11.5 Å². The van der Waals surface area contributed by atoms with Gasteiger partial charge in [0, 0.05) is 5.56 Å². The molecule has 1 aliphatic rings. The molecule has 0 heterocycles. The third-order valence-electron chi connectivity index (χ3n) is 4.99. The molecule has 0 spiro atoms. The van der Waals surface area contributed by atoms with Gasteiger partial charge in [-0.25, -0.2) is 0 Å². The molecule has 0 N–H and O–H groups in total. The fourth-order valence-electron chi connectivity index (χ4n) is 3.37. The van der Waals surface area contributed by atoms with Crippen LogP contribution in [-0.4, -0.2) is 5.97 Å². The average molecular weight is 350 g/mol. The predicted molar refractivity (Wildman–Crippen MR) is 103 cm³/mol. The van der Waals surface area contributed by atoms with E-state index in [1.807, 2.05) is 54.6 Å². The summed E-state index contributed by atoms with van der Waals surface area (Å²) in [5.41, 5.74) is 2.07. The van der Waals surface area contributed by atoms with Gasteiger partial charge in [-0.15, -0.1) is 0 Å². The molecular weight excluding hydrogens is 324 g/mol. The zero-order valence-electron chi connectivity index (χ0n) is 15.9. The number of para-hydroxylation sites is 2. The Morgan fingerprint density at radius 3 is 2.38 bits per heavy atom. The molecular formula is C23H26O3. The Morgan fingerprint density at radius 1 is 1.04 bits per heavy atom. The van der Waals surface area contributed by atoms with Gasteiger partial charge in [0.1, 0.15) is 18.1 Å². The Bertz CT molecular complexity index is 801. The molecule has 2 atom stereocenters. The maximum Gasteiger partial charge on any atom is 0.310 e. The first-order valence-electron chi connectivity index (χ1n) is 9.02. The van der Waals surface area contributed by atoms with Crippen LogP contribution in [0.15, 0.2) is 66.2 Å². The number of benzene rings is 2. The highest BCUT2D eigenvalue weighted by molar-refractivity contribution is 5.78. The number of hydrogen-bond donors (Lipinski definition) is 0. The van der Waals surface area contributed by atoms with Crippen LogP contribution in [0.3, 0.4) is 0 Å². The fraction of sp³-hybridized carbons (Fsp3) is 0.348. The number of ether oxygens (including phenoxy) is 2. The Morgan fingerprint density at radius 2 is 1.69 bits per heavy atom. The maximum absolute atomic E-state index is 12.6. The highest BCUT2D eigenvalue weighted by atomic mass is 16.5. The van der Waals surface area contributed by atoms with E-state index in [1.54, 1.807) is 0 Å². The van der Waals surface area contributed by atoms with Gasteiger partial charge in [-0.3, -0.25) is 4.79 Å². The molecule has 2 aromatic rings. The van der Waals surface area contributed by atoms with Crippen LogP contribution >= 0.6 is 0 Å². The molecule has 0 bridgehead atoms. The Balaban J connectivity index is 1.65. The van der Waals surface area contributed by atoms with Crippen LogP contribution in [0.2, 0.25) is 0 Å². The minimum atomic E-state index is -0.132. The van der Waals surface area contributed by atoms with Gasteiger partial charge in [0.2, 0.25) is 0 Å². The first kappa shape index (κ1) is 18.2. The van der Waals surface area contributed by atoms with Crippen molar-refractivity contribution in [2.24, 2.45) is 17.3 Å². The summed E-state index contributed by atoms with van der Waals surface area (Å²) in [4.78, 5) is 12.6. The SMILES string of the molecule is CC(C)=CC1C(C(=O)OCc2ccccc2Oc2ccccc2)C1(C)C. The van der Waals surface area contributed by atoms with Gasteiger partial charge in [0.15, 0.2) is 0 Å². The number of allylic oxidation sites excluding steroid dienone is 2. The van der Waals surface area contributed by atoms with Crippen molar-refractivity contribution in [1.29, 1.82) is 0 Å². The molecule has 1 fully saturated rings. The number of carbonyl (C=O) groups excluding carboxylic acids is 1. The quantitative estimate of drug-likeness (QED) is 0.491. The first-order valence-corrected chi connectivity index (χ1v) is 9.02. The van der Waals surface area contributed by atoms with Crippen molar-refractivity contribution >= 4 is 5.97 Å². The molecule has 2 aromatic carbocycles. The van der Waals surface area contributed by atoms with Gasteiger partial charge < -0.3 is 9.47 Å². The molecule has 0 aromatic heterocycles. The molecule has 1 aliphatic carbocycles. The van der Waals surface area contributed by atoms with Gasteiger partial charge >= 0.3 is 5.97 Å². The van der Waals surface area contributed by atoms with Gasteiger partial charge in [-0.05, 0) is 43.4 Å². The highest BCUT2D eigenvalue weighted by Gasteiger charge is 2.61. The highest BCUT2D eigenvalue weighted by Crippen LogP contribution is 2.59. The average Bonchev–Trinajstić information content (AvgIpc) is 3.14. The van der Waals surface area contributed by atoms with E-state index in [-0.39, 0.29) is 29.8 Å². The number of carbonyl (C=O) groups is 1. The van der Waals surface area contributed by atoms with Crippen LogP contribution in [0.25, 0.3) is 0 Å². The summed E-state index contributed by atoms with van der Waals surface area (Å²) in [7, 11) is 0. The Kier molecular flexibility index (Phi) is 5.17. The van der Waals surface area contributed by atoms with E-state index in [1.165, 1.54) is 5.57 Å². The fourth-order valence-corrected chi connectivity index (χ4v) is 3.37. The van der Waals surface area contributed by atoms with E-state index < -0.39 is 0 Å². The predicted octanol–water partition coefficient (Wildman–Crippen LogP) is 5.76. The van der Waals surface area contributed by atoms with E-state index in [9.17, 15) is 4.79 Å². The Labute approximate surface area is 155 Å². The summed E-state index contributed by atoms with van der Waals surface area (Å²) >= 11 is 0. The number of esters is 1. The molecule has 0 radical (unpaired) electrons. The molecule has 3 heteroatoms. The molecule has 0 amide bonds. The van der Waals surface area contributed by atoms with Gasteiger partial charge in [0.05, 0.1) is 5.92 Å². The smallest absolute Gasteiger partial charge is 0.310 e. The van der Waals surface area contributed by atoms with E-state index >= 15 is 0 Å². The minimum absolute atomic E-state index is 0.0333. The molecule has 3 nitrogen and oxygen atoms in total. The van der Waals surface area contributed by atoms with Crippen molar-refractivity contribution in [2.75, 3.05) is 0 Å². The van der Waals surface area contributed by atoms with Crippen LogP contribution in [-0.2, 0) is 16.1 Å². The molecule has 1 saturated carbocycles. The lowest BCUT2D eigenvalue weighted by atomic mass is 10.1. The van der Waals surface area contributed by atoms with E-state index in [0.29, 0.717) is 5.75 Å². The van der Waals surface area contributed by atoms with Crippen LogP contribution in [0.4, 0.5) is 0 Å². The van der Waals surface area contributed by atoms with Crippen LogP contribution in [0.5, 0.6) is 11.5 Å². The van der Waals surface area contributed by atoms with Crippen LogP contribution < -0.4 is 4.74 Å². The van der Waals surface area contributed by atoms with Gasteiger partial charge in [-0.2, -0.15) is 0 Å². The largest absolute Gasteiger partial charge is 0.460 e. The lowest BCUT2D eigenvalue weighted by molar-refractivity contribution is -0.147. The van der Waals surface area contributed by atoms with Crippen molar-refractivity contribution < 1.29 is 14.3 Å². The summed E-state index contributed by atoms with van der Waals surface area (Å²) < 4.78 is 11.6. The zero-order valence-corrected chi connectivity index (χ0v) is 15.9. The molecule has 136 valence electrons. The van der Waals surface area contributed by atoms with E-state index in [0.717, 1.165) is 11.3 Å². The van der Waals surface area contributed by atoms with Crippen molar-refractivity contribution in [1.82, 2.24) is 0 Å². The molecule has 3 rings (SSSR count). The normalized spacial score (nSPS) is 20.2. The number of hydrogen-bond acceptors (Lipinski definition) is 3. The number of rotatable bonds is 6. The van der Waals surface area contributed by atoms with Gasteiger partial charge in [-0.1, -0.05) is 61.9 Å². The topological polar surface area (TPSA) is 35.5 Å². The van der Waals surface area contributed by atoms with Crippen molar-refractivity contribution in [2.45, 2.75) is 34.3 Å². The summed E-state index contributed by atoms with van der Waals surface area (Å²) in [5.74, 6) is 1.53. The molecule has 0 aliphatic heterocycles. The first-order chi connectivity index (χ1) is 12.4. The molecule has 0 saturated heterocycles. The second kappa shape index (κ2) is 7.36. The lowest BCUT2D eigenvalue weighted by Crippen LogP contribution is -2.11. The van der Waals surface area contributed by atoms with Gasteiger partial charge in [0.25, 0.3) is 0 Å². The van der Waals surface area contributed by atoms with Crippen molar-refractivity contribution in [3.05, 3.63) is 71.8 Å². The van der Waals surface area contributed by atoms with E-state index in [2.05, 4.69) is 33.8 Å². The minimum Gasteiger partial charge on any atom is -0.460 e. The van der Waals surface area contributed by atoms with E-state index in [4.69, 9.17) is 9.47 Å². The maximum atomic E-state index is 12.6. The third-order valence-corrected chi connectivity index (χ3v) is 4.99. The lowest BCUT2D eigenvalue weighted by Gasteiger charge is -2.12. The van der Waals surface area contributed by atoms with Crippen LogP contribution in [0, 0.1) is 17.3 Å². The molecule has 2 unspecified atom stereocenters. The summed E-state index contributed by atoms with van der Waals surface area (Å²) in [6.07, 6.45) is 2.18. The van der Waals surface area contributed by atoms with Crippen molar-refractivity contribution in [3.63, 3.8) is 0 Å². The monoisotopic (exact) mass is 350 g/mol. The standard InChI is InChI=1S/C23H26O3/c1-16(2)14-19-21(23(19,3)4)22(24)25-15-17-10-8-9-13-20(17)26-18-11-6-5-7-12-18/h5-14,19,21H,15H2,1-4H3. The summed E-state index contributed by atoms with van der Waals surface area (Å²) in [6.45, 7) is 8.59. The third kappa shape index (κ3) is 3.98. The second-order valence-corrected chi connectivity index (χ2v) is 7.70. The summed E-state index contributed by atoms with van der Waals surface area (Å²) in [6, 6.07) is 17.3. The van der Waals surface area contributed by atoms with Crippen LogP contribution in [0.1, 0.15) is 33.3 Å². The molecule has 26 heavy (non-hydrogen) atoms. The second-order valence-electron chi connectivity index (χ2n) is 7.70. The Hall–Kier alpha value is -2.55.